The van der Waals surface area contributed by atoms with E-state index in [0.29, 0.717) is 18.9 Å². The fourth-order valence-electron chi connectivity index (χ4n) is 2.92. The molecule has 0 bridgehead atoms. The minimum Gasteiger partial charge on any atom is -0.378 e. The van der Waals surface area contributed by atoms with Crippen molar-refractivity contribution in [3.05, 3.63) is 53.6 Å². The summed E-state index contributed by atoms with van der Waals surface area (Å²) in [6.45, 7) is 2.88. The Bertz CT molecular complexity index is 1010. The number of anilines is 2. The van der Waals surface area contributed by atoms with Crippen molar-refractivity contribution in [2.45, 2.75) is 6.18 Å². The monoisotopic (exact) mass is 407 g/mol. The van der Waals surface area contributed by atoms with Gasteiger partial charge in [0.1, 0.15) is 0 Å². The number of rotatable bonds is 3. The lowest BCUT2D eigenvalue weighted by molar-refractivity contribution is -0.137. The van der Waals surface area contributed by atoms with Gasteiger partial charge in [-0.05, 0) is 36.4 Å². The number of nitrogens with one attached hydrogen (secondary N) is 1. The molecule has 0 unspecified atom stereocenters. The van der Waals surface area contributed by atoms with Crippen LogP contribution in [-0.4, -0.2) is 37.2 Å². The number of alkyl halides is 3. The molecule has 1 N–H and O–H groups in total. The van der Waals surface area contributed by atoms with Gasteiger partial charge in [-0.3, -0.25) is 4.79 Å². The lowest BCUT2D eigenvalue weighted by Crippen LogP contribution is -2.36. The molecule has 2 heterocycles. The molecule has 2 aromatic carbocycles. The Balaban J connectivity index is 1.54. The van der Waals surface area contributed by atoms with Gasteiger partial charge < -0.3 is 15.0 Å². The second-order valence-electron chi connectivity index (χ2n) is 6.31. The maximum atomic E-state index is 12.8. The zero-order chi connectivity index (χ0) is 19.7. The van der Waals surface area contributed by atoms with Crippen LogP contribution in [0.4, 0.5) is 24.0 Å². The van der Waals surface area contributed by atoms with Crippen molar-refractivity contribution in [3.8, 4) is 0 Å². The van der Waals surface area contributed by atoms with Crippen LogP contribution in [0, 0.1) is 0 Å². The molecule has 1 saturated heterocycles. The predicted octanol–water partition coefficient (Wildman–Crippen LogP) is 4.40. The number of carbonyl (C=O) groups excluding carboxylic acids is 1. The SMILES string of the molecule is O=C(Nc1ccc2nc(N3CCOCC3)sc2c1)c1cccc(C(F)(F)F)c1. The summed E-state index contributed by atoms with van der Waals surface area (Å²) >= 11 is 1.51. The number of hydrogen-bond acceptors (Lipinski definition) is 5. The maximum Gasteiger partial charge on any atom is 0.416 e. The number of benzene rings is 2. The highest BCUT2D eigenvalue weighted by atomic mass is 32.1. The van der Waals surface area contributed by atoms with Crippen LogP contribution in [0.15, 0.2) is 42.5 Å². The Kier molecular flexibility index (Phi) is 4.94. The lowest BCUT2D eigenvalue weighted by atomic mass is 10.1. The molecule has 1 aliphatic rings. The molecule has 0 atom stereocenters. The number of amides is 1. The number of hydrogen-bond donors (Lipinski definition) is 1. The minimum absolute atomic E-state index is 0.0479. The number of thiazole rings is 1. The van der Waals surface area contributed by atoms with E-state index < -0.39 is 17.6 Å². The molecule has 1 fully saturated rings. The van der Waals surface area contributed by atoms with Gasteiger partial charge in [0.25, 0.3) is 5.91 Å². The van der Waals surface area contributed by atoms with Crippen LogP contribution >= 0.6 is 11.3 Å². The van der Waals surface area contributed by atoms with E-state index >= 15 is 0 Å². The predicted molar refractivity (Wildman–Crippen MR) is 102 cm³/mol. The summed E-state index contributed by atoms with van der Waals surface area (Å²) < 4.78 is 44.8. The zero-order valence-corrected chi connectivity index (χ0v) is 15.4. The normalized spacial score (nSPS) is 15.0. The molecule has 0 radical (unpaired) electrons. The first-order valence-corrected chi connectivity index (χ1v) is 9.44. The van der Waals surface area contributed by atoms with Crippen molar-refractivity contribution < 1.29 is 22.7 Å². The second kappa shape index (κ2) is 7.40. The quantitative estimate of drug-likeness (QED) is 0.699. The van der Waals surface area contributed by atoms with Crippen LogP contribution in [0.1, 0.15) is 15.9 Å². The molecule has 3 aromatic rings. The molecule has 0 saturated carbocycles. The average molecular weight is 407 g/mol. The van der Waals surface area contributed by atoms with E-state index in [1.807, 2.05) is 0 Å². The van der Waals surface area contributed by atoms with Crippen LogP contribution < -0.4 is 10.2 Å². The van der Waals surface area contributed by atoms with Gasteiger partial charge in [-0.15, -0.1) is 0 Å². The average Bonchev–Trinajstić information content (AvgIpc) is 3.11. The fraction of sp³-hybridized carbons (Fsp3) is 0.263. The Morgan fingerprint density at radius 2 is 1.93 bits per heavy atom. The number of carbonyl (C=O) groups is 1. The summed E-state index contributed by atoms with van der Waals surface area (Å²) in [5.41, 5.74) is 0.414. The molecule has 4 rings (SSSR count). The number of ether oxygens (including phenoxy) is 1. The highest BCUT2D eigenvalue weighted by Gasteiger charge is 2.30. The van der Waals surface area contributed by atoms with Crippen molar-refractivity contribution in [1.29, 1.82) is 0 Å². The van der Waals surface area contributed by atoms with Crippen LogP contribution in [-0.2, 0) is 10.9 Å². The van der Waals surface area contributed by atoms with Crippen LogP contribution in [0.3, 0.4) is 0 Å². The zero-order valence-electron chi connectivity index (χ0n) is 14.6. The number of aromatic nitrogens is 1. The first kappa shape index (κ1) is 18.7. The van der Waals surface area contributed by atoms with E-state index in [1.54, 1.807) is 18.2 Å². The van der Waals surface area contributed by atoms with Gasteiger partial charge in [0, 0.05) is 24.3 Å². The third-order valence-corrected chi connectivity index (χ3v) is 5.45. The summed E-state index contributed by atoms with van der Waals surface area (Å²) in [5.74, 6) is -0.594. The topological polar surface area (TPSA) is 54.5 Å². The van der Waals surface area contributed by atoms with Crippen molar-refractivity contribution in [2.24, 2.45) is 0 Å². The smallest absolute Gasteiger partial charge is 0.378 e. The largest absolute Gasteiger partial charge is 0.416 e. The summed E-state index contributed by atoms with van der Waals surface area (Å²) in [5, 5.41) is 3.55. The van der Waals surface area contributed by atoms with Crippen LogP contribution in [0.5, 0.6) is 0 Å². The molecule has 0 aliphatic carbocycles. The van der Waals surface area contributed by atoms with Crippen molar-refractivity contribution in [1.82, 2.24) is 4.98 Å². The van der Waals surface area contributed by atoms with Gasteiger partial charge >= 0.3 is 6.18 Å². The van der Waals surface area contributed by atoms with Gasteiger partial charge in [-0.25, -0.2) is 4.98 Å². The van der Waals surface area contributed by atoms with Gasteiger partial charge in [-0.2, -0.15) is 13.2 Å². The highest BCUT2D eigenvalue weighted by molar-refractivity contribution is 7.22. The van der Waals surface area contributed by atoms with E-state index in [2.05, 4.69) is 15.2 Å². The Hall–Kier alpha value is -2.65. The van der Waals surface area contributed by atoms with Crippen molar-refractivity contribution >= 4 is 38.3 Å². The molecule has 146 valence electrons. The molecular weight excluding hydrogens is 391 g/mol. The molecule has 1 aliphatic heterocycles. The molecule has 0 spiro atoms. The third-order valence-electron chi connectivity index (χ3n) is 4.37. The highest BCUT2D eigenvalue weighted by Crippen LogP contribution is 2.32. The summed E-state index contributed by atoms with van der Waals surface area (Å²) in [6, 6.07) is 9.62. The van der Waals surface area contributed by atoms with E-state index in [-0.39, 0.29) is 5.56 Å². The van der Waals surface area contributed by atoms with E-state index in [9.17, 15) is 18.0 Å². The summed E-state index contributed by atoms with van der Waals surface area (Å²) in [6.07, 6.45) is -4.49. The van der Waals surface area contributed by atoms with Crippen LogP contribution in [0.25, 0.3) is 10.2 Å². The van der Waals surface area contributed by atoms with Gasteiger partial charge in [0.05, 0.1) is 29.0 Å². The molecular formula is C19H16F3N3O2S. The number of fused-ring (bicyclic) bond motifs is 1. The number of nitrogens with zero attached hydrogens (tertiary/aromatic N) is 2. The Labute approximate surface area is 162 Å². The Morgan fingerprint density at radius 1 is 1.14 bits per heavy atom. The van der Waals surface area contributed by atoms with Gasteiger partial charge in [0.15, 0.2) is 5.13 Å². The van der Waals surface area contributed by atoms with Crippen molar-refractivity contribution in [3.63, 3.8) is 0 Å². The molecule has 1 amide bonds. The van der Waals surface area contributed by atoms with Crippen LogP contribution in [0.2, 0.25) is 0 Å². The molecule has 28 heavy (non-hydrogen) atoms. The minimum atomic E-state index is -4.49. The number of halogens is 3. The van der Waals surface area contributed by atoms with Gasteiger partial charge in [0.2, 0.25) is 0 Å². The maximum absolute atomic E-state index is 12.8. The molecule has 9 heteroatoms. The summed E-state index contributed by atoms with van der Waals surface area (Å²) in [4.78, 5) is 19.1. The summed E-state index contributed by atoms with van der Waals surface area (Å²) in [7, 11) is 0. The first-order chi connectivity index (χ1) is 13.4. The van der Waals surface area contributed by atoms with E-state index in [0.717, 1.165) is 40.6 Å². The lowest BCUT2D eigenvalue weighted by Gasteiger charge is -2.25. The fourth-order valence-corrected chi connectivity index (χ4v) is 3.98. The third kappa shape index (κ3) is 3.95. The Morgan fingerprint density at radius 3 is 2.68 bits per heavy atom. The second-order valence-corrected chi connectivity index (χ2v) is 7.32. The molecule has 1 aromatic heterocycles. The van der Waals surface area contributed by atoms with Gasteiger partial charge in [-0.1, -0.05) is 17.4 Å². The van der Waals surface area contributed by atoms with Crippen molar-refractivity contribution in [2.75, 3.05) is 36.5 Å². The van der Waals surface area contributed by atoms with E-state index in [4.69, 9.17) is 4.74 Å². The van der Waals surface area contributed by atoms with E-state index in [1.165, 1.54) is 23.5 Å². The standard InChI is InChI=1S/C19H16F3N3O2S/c20-19(21,22)13-3-1-2-12(10-13)17(26)23-14-4-5-15-16(11-14)28-18(24-15)25-6-8-27-9-7-25/h1-5,10-11H,6-9H2,(H,23,26). The first-order valence-electron chi connectivity index (χ1n) is 8.62. The molecule has 5 nitrogen and oxygen atoms in total. The number of morpholine rings is 1.